The minimum Gasteiger partial charge on any atom is -0.366 e. The molecule has 2 aromatic rings. The first-order chi connectivity index (χ1) is 8.29. The van der Waals surface area contributed by atoms with Gasteiger partial charge in [0.15, 0.2) is 11.6 Å². The maximum Gasteiger partial charge on any atom is 0.224 e. The van der Waals surface area contributed by atoms with Crippen LogP contribution in [0.25, 0.3) is 0 Å². The molecular weight excluding hydrogens is 225 g/mol. The number of nitrogens with one attached hydrogen (secondary N) is 2. The van der Waals surface area contributed by atoms with Crippen LogP contribution in [0.3, 0.4) is 0 Å². The lowest BCUT2D eigenvalue weighted by Crippen LogP contribution is -2.13. The van der Waals surface area contributed by atoms with E-state index < -0.39 is 5.82 Å². The Morgan fingerprint density at radius 2 is 2.35 bits per heavy atom. The van der Waals surface area contributed by atoms with Gasteiger partial charge in [-0.15, -0.1) is 5.10 Å². The monoisotopic (exact) mass is 237 g/mol. The van der Waals surface area contributed by atoms with E-state index in [2.05, 4.69) is 30.9 Å². The number of halogens is 1. The van der Waals surface area contributed by atoms with Crippen LogP contribution in [0.15, 0.2) is 18.6 Å². The summed E-state index contributed by atoms with van der Waals surface area (Å²) < 4.78 is 15.0. The molecular formula is C9H12FN7. The molecule has 2 rings (SSSR count). The molecule has 2 heterocycles. The van der Waals surface area contributed by atoms with E-state index >= 15 is 0 Å². The Morgan fingerprint density at radius 1 is 1.47 bits per heavy atom. The van der Waals surface area contributed by atoms with Gasteiger partial charge in [-0.3, -0.25) is 4.68 Å². The normalized spacial score (nSPS) is 10.2. The summed E-state index contributed by atoms with van der Waals surface area (Å²) in [6, 6.07) is 0. The fourth-order valence-corrected chi connectivity index (χ4v) is 1.25. The minimum absolute atomic E-state index is 0.171. The smallest absolute Gasteiger partial charge is 0.224 e. The number of aromatic nitrogens is 5. The van der Waals surface area contributed by atoms with Gasteiger partial charge >= 0.3 is 0 Å². The maximum absolute atomic E-state index is 13.3. The fourth-order valence-electron chi connectivity index (χ4n) is 1.25. The van der Waals surface area contributed by atoms with Crippen LogP contribution in [0, 0.1) is 5.82 Å². The molecule has 8 heteroatoms. The Bertz CT molecular complexity index is 470. The van der Waals surface area contributed by atoms with E-state index in [1.54, 1.807) is 24.1 Å². The molecule has 90 valence electrons. The average molecular weight is 237 g/mol. The van der Waals surface area contributed by atoms with Crippen molar-refractivity contribution in [3.8, 4) is 0 Å². The number of anilines is 2. The van der Waals surface area contributed by atoms with Crippen LogP contribution in [0.5, 0.6) is 0 Å². The summed E-state index contributed by atoms with van der Waals surface area (Å²) in [5, 5.41) is 13.1. The van der Waals surface area contributed by atoms with E-state index in [0.29, 0.717) is 19.0 Å². The summed E-state index contributed by atoms with van der Waals surface area (Å²) in [4.78, 5) is 7.71. The lowest BCUT2D eigenvalue weighted by atomic mass is 10.5. The van der Waals surface area contributed by atoms with Crippen molar-refractivity contribution >= 4 is 11.8 Å². The highest BCUT2D eigenvalue weighted by Crippen LogP contribution is 2.10. The molecule has 0 amide bonds. The SMILES string of the molecule is CNc1ncc(F)c(NCCn2ccnn2)n1. The fraction of sp³-hybridized carbons (Fsp3) is 0.333. The van der Waals surface area contributed by atoms with E-state index in [0.717, 1.165) is 6.20 Å². The van der Waals surface area contributed by atoms with Crippen LogP contribution in [-0.2, 0) is 6.54 Å². The summed E-state index contributed by atoms with van der Waals surface area (Å²) in [7, 11) is 1.67. The van der Waals surface area contributed by atoms with Gasteiger partial charge in [-0.1, -0.05) is 5.21 Å². The molecule has 0 saturated heterocycles. The Balaban J connectivity index is 1.94. The zero-order chi connectivity index (χ0) is 12.1. The van der Waals surface area contributed by atoms with E-state index in [-0.39, 0.29) is 5.82 Å². The third kappa shape index (κ3) is 2.86. The summed E-state index contributed by atoms with van der Waals surface area (Å²) in [6.45, 7) is 1.08. The van der Waals surface area contributed by atoms with E-state index in [1.807, 2.05) is 0 Å². The minimum atomic E-state index is -0.484. The van der Waals surface area contributed by atoms with Gasteiger partial charge in [0.2, 0.25) is 5.95 Å². The van der Waals surface area contributed by atoms with Crippen LogP contribution in [0.1, 0.15) is 0 Å². The number of hydrogen-bond donors (Lipinski definition) is 2. The Hall–Kier alpha value is -2.25. The summed E-state index contributed by atoms with van der Waals surface area (Å²) in [5.41, 5.74) is 0. The van der Waals surface area contributed by atoms with Crippen LogP contribution in [0.2, 0.25) is 0 Å². The number of nitrogens with zero attached hydrogens (tertiary/aromatic N) is 5. The second-order valence-electron chi connectivity index (χ2n) is 3.23. The van der Waals surface area contributed by atoms with Crippen molar-refractivity contribution in [2.75, 3.05) is 24.2 Å². The second-order valence-corrected chi connectivity index (χ2v) is 3.23. The molecule has 0 atom stereocenters. The lowest BCUT2D eigenvalue weighted by Gasteiger charge is -2.07. The lowest BCUT2D eigenvalue weighted by molar-refractivity contribution is 0.596. The largest absolute Gasteiger partial charge is 0.366 e. The van der Waals surface area contributed by atoms with Crippen molar-refractivity contribution in [3.05, 3.63) is 24.4 Å². The van der Waals surface area contributed by atoms with Gasteiger partial charge in [0.1, 0.15) is 0 Å². The molecule has 0 saturated carbocycles. The second kappa shape index (κ2) is 5.19. The van der Waals surface area contributed by atoms with Crippen LogP contribution >= 0.6 is 0 Å². The highest BCUT2D eigenvalue weighted by molar-refractivity contribution is 5.40. The zero-order valence-electron chi connectivity index (χ0n) is 9.26. The van der Waals surface area contributed by atoms with Gasteiger partial charge in [-0.2, -0.15) is 4.98 Å². The molecule has 0 radical (unpaired) electrons. The molecule has 0 aromatic carbocycles. The predicted molar refractivity (Wildman–Crippen MR) is 60.0 cm³/mol. The van der Waals surface area contributed by atoms with Crippen molar-refractivity contribution in [2.24, 2.45) is 0 Å². The molecule has 0 aliphatic carbocycles. The molecule has 0 aliphatic rings. The van der Waals surface area contributed by atoms with Gasteiger partial charge in [-0.25, -0.2) is 9.37 Å². The van der Waals surface area contributed by atoms with Crippen molar-refractivity contribution in [1.29, 1.82) is 0 Å². The molecule has 0 aliphatic heterocycles. The molecule has 2 N–H and O–H groups in total. The maximum atomic E-state index is 13.3. The first kappa shape index (κ1) is 11.2. The van der Waals surface area contributed by atoms with Gasteiger partial charge in [0, 0.05) is 19.8 Å². The topological polar surface area (TPSA) is 80.5 Å². The van der Waals surface area contributed by atoms with Gasteiger partial charge in [0.05, 0.1) is 18.9 Å². The van der Waals surface area contributed by atoms with Crippen molar-refractivity contribution in [2.45, 2.75) is 6.54 Å². The van der Waals surface area contributed by atoms with Crippen molar-refractivity contribution < 1.29 is 4.39 Å². The molecule has 0 bridgehead atoms. The Labute approximate surface area is 97.1 Å². The summed E-state index contributed by atoms with van der Waals surface area (Å²) >= 11 is 0. The zero-order valence-corrected chi connectivity index (χ0v) is 9.26. The Kier molecular flexibility index (Phi) is 3.43. The molecule has 17 heavy (non-hydrogen) atoms. The van der Waals surface area contributed by atoms with Crippen LogP contribution in [-0.4, -0.2) is 38.6 Å². The summed E-state index contributed by atoms with van der Waals surface area (Å²) in [6.07, 6.45) is 4.44. The standard InChI is InChI=1S/C9H12FN7/c1-11-9-13-6-7(10)8(15-9)12-2-4-17-5-3-14-16-17/h3,5-6H,2,4H2,1H3,(H2,11,12,13,15). The van der Waals surface area contributed by atoms with Crippen LogP contribution in [0.4, 0.5) is 16.2 Å². The van der Waals surface area contributed by atoms with Crippen LogP contribution < -0.4 is 10.6 Å². The first-order valence-corrected chi connectivity index (χ1v) is 5.08. The van der Waals surface area contributed by atoms with E-state index in [9.17, 15) is 4.39 Å². The molecule has 0 fully saturated rings. The van der Waals surface area contributed by atoms with E-state index in [1.165, 1.54) is 0 Å². The van der Waals surface area contributed by atoms with Gasteiger partial charge in [-0.05, 0) is 0 Å². The molecule has 2 aromatic heterocycles. The third-order valence-electron chi connectivity index (χ3n) is 2.07. The molecule has 0 unspecified atom stereocenters. The van der Waals surface area contributed by atoms with Gasteiger partial charge < -0.3 is 10.6 Å². The predicted octanol–water partition coefficient (Wildman–Crippen LogP) is 0.361. The number of rotatable bonds is 5. The highest BCUT2D eigenvalue weighted by atomic mass is 19.1. The van der Waals surface area contributed by atoms with E-state index in [4.69, 9.17) is 0 Å². The molecule has 7 nitrogen and oxygen atoms in total. The quantitative estimate of drug-likeness (QED) is 0.781. The Morgan fingerprint density at radius 3 is 3.06 bits per heavy atom. The third-order valence-corrected chi connectivity index (χ3v) is 2.07. The van der Waals surface area contributed by atoms with Crippen molar-refractivity contribution in [3.63, 3.8) is 0 Å². The first-order valence-electron chi connectivity index (χ1n) is 5.08. The van der Waals surface area contributed by atoms with Crippen molar-refractivity contribution in [1.82, 2.24) is 25.0 Å². The summed E-state index contributed by atoms with van der Waals surface area (Å²) in [5.74, 6) is 0.0571. The van der Waals surface area contributed by atoms with Gasteiger partial charge in [0.25, 0.3) is 0 Å². The molecule has 0 spiro atoms. The highest BCUT2D eigenvalue weighted by Gasteiger charge is 2.05. The average Bonchev–Trinajstić information content (AvgIpc) is 2.84. The number of hydrogen-bond acceptors (Lipinski definition) is 6.